The van der Waals surface area contributed by atoms with Crippen LogP contribution >= 0.6 is 0 Å². The van der Waals surface area contributed by atoms with Crippen molar-refractivity contribution in [3.05, 3.63) is 23.9 Å². The van der Waals surface area contributed by atoms with E-state index < -0.39 is 11.9 Å². The number of hydrogen-bond acceptors (Lipinski definition) is 4. The summed E-state index contributed by atoms with van der Waals surface area (Å²) >= 11 is 0. The fourth-order valence-corrected chi connectivity index (χ4v) is 4.18. The van der Waals surface area contributed by atoms with E-state index in [2.05, 4.69) is 10.3 Å². The van der Waals surface area contributed by atoms with Gasteiger partial charge >= 0.3 is 6.18 Å². The molecule has 1 aliphatic heterocycles. The first-order chi connectivity index (χ1) is 13.7. The molecule has 9 heteroatoms. The second-order valence-electron chi connectivity index (χ2n) is 7.98. The molecule has 0 aromatic carbocycles. The number of carbonyl (C=O) groups is 2. The highest BCUT2D eigenvalue weighted by Crippen LogP contribution is 2.29. The molecule has 0 spiro atoms. The summed E-state index contributed by atoms with van der Waals surface area (Å²) in [6, 6.07) is 3.34. The summed E-state index contributed by atoms with van der Waals surface area (Å²) in [5.74, 6) is -0.367. The van der Waals surface area contributed by atoms with E-state index in [1.54, 1.807) is 0 Å². The number of anilines is 1. The van der Waals surface area contributed by atoms with Crippen molar-refractivity contribution in [1.29, 1.82) is 0 Å². The quantitative estimate of drug-likeness (QED) is 0.795. The molecule has 1 saturated heterocycles. The Morgan fingerprint density at radius 1 is 1.14 bits per heavy atom. The molecule has 2 fully saturated rings. The molecule has 1 aromatic rings. The maximum atomic E-state index is 12.7. The number of halogens is 3. The van der Waals surface area contributed by atoms with E-state index in [0.29, 0.717) is 25.9 Å². The van der Waals surface area contributed by atoms with Crippen LogP contribution in [0.3, 0.4) is 0 Å². The minimum atomic E-state index is -4.55. The zero-order valence-electron chi connectivity index (χ0n) is 16.3. The number of pyridine rings is 1. The standard InChI is InChI=1S/C20H27F3N4O2/c21-20(22,23)16-6-3-7-17(25-16)26-18(28)12-13-8-10-27(11-9-13)19(29)14-4-1-2-5-15(14)24/h3,6-7,13-15H,1-2,4-5,8-12,24H2,(H,25,26,28)/t14-,15-/m1/s1. The van der Waals surface area contributed by atoms with Crippen molar-refractivity contribution in [1.82, 2.24) is 9.88 Å². The van der Waals surface area contributed by atoms with E-state index in [0.717, 1.165) is 31.7 Å². The number of aromatic nitrogens is 1. The fraction of sp³-hybridized carbons (Fsp3) is 0.650. The number of carbonyl (C=O) groups excluding carboxylic acids is 2. The maximum Gasteiger partial charge on any atom is 0.433 e. The predicted molar refractivity (Wildman–Crippen MR) is 102 cm³/mol. The molecule has 0 bridgehead atoms. The van der Waals surface area contributed by atoms with Gasteiger partial charge in [0.2, 0.25) is 11.8 Å². The molecule has 0 radical (unpaired) electrons. The minimum absolute atomic E-state index is 0.0697. The van der Waals surface area contributed by atoms with Crippen LogP contribution in [0.5, 0.6) is 0 Å². The monoisotopic (exact) mass is 412 g/mol. The van der Waals surface area contributed by atoms with Gasteiger partial charge in [0.05, 0.1) is 5.92 Å². The molecule has 2 atom stereocenters. The van der Waals surface area contributed by atoms with Gasteiger partial charge in [-0.05, 0) is 43.7 Å². The largest absolute Gasteiger partial charge is 0.433 e. The Bertz CT molecular complexity index is 733. The summed E-state index contributed by atoms with van der Waals surface area (Å²) in [6.07, 6.45) is 0.855. The highest BCUT2D eigenvalue weighted by molar-refractivity contribution is 5.90. The molecule has 1 aliphatic carbocycles. The number of piperidine rings is 1. The summed E-state index contributed by atoms with van der Waals surface area (Å²) in [7, 11) is 0. The first-order valence-corrected chi connectivity index (χ1v) is 10.1. The van der Waals surface area contributed by atoms with Crippen LogP contribution in [-0.2, 0) is 15.8 Å². The Hall–Kier alpha value is -2.16. The van der Waals surface area contributed by atoms with Crippen LogP contribution in [0.4, 0.5) is 19.0 Å². The first-order valence-electron chi connectivity index (χ1n) is 10.1. The van der Waals surface area contributed by atoms with E-state index in [4.69, 9.17) is 5.73 Å². The average molecular weight is 412 g/mol. The summed E-state index contributed by atoms with van der Waals surface area (Å²) in [4.78, 5) is 30.2. The number of amides is 2. The topological polar surface area (TPSA) is 88.3 Å². The van der Waals surface area contributed by atoms with E-state index in [1.165, 1.54) is 12.1 Å². The SMILES string of the molecule is N[C@@H]1CCCC[C@H]1C(=O)N1CCC(CC(=O)Nc2cccc(C(F)(F)F)n2)CC1. The van der Waals surface area contributed by atoms with E-state index in [1.807, 2.05) is 4.90 Å². The third-order valence-electron chi connectivity index (χ3n) is 5.84. The Morgan fingerprint density at radius 3 is 2.48 bits per heavy atom. The summed E-state index contributed by atoms with van der Waals surface area (Å²) in [5.41, 5.74) is 5.07. The third kappa shape index (κ3) is 5.68. The molecule has 6 nitrogen and oxygen atoms in total. The lowest BCUT2D eigenvalue weighted by Crippen LogP contribution is -2.48. The van der Waals surface area contributed by atoms with Crippen molar-refractivity contribution < 1.29 is 22.8 Å². The van der Waals surface area contributed by atoms with Gasteiger partial charge in [0.1, 0.15) is 11.5 Å². The van der Waals surface area contributed by atoms with Crippen molar-refractivity contribution in [3.63, 3.8) is 0 Å². The summed E-state index contributed by atoms with van der Waals surface area (Å²) in [5, 5.41) is 2.45. The molecule has 2 amide bonds. The number of likely N-dealkylation sites (tertiary alicyclic amines) is 1. The number of rotatable bonds is 4. The van der Waals surface area contributed by atoms with Gasteiger partial charge in [-0.15, -0.1) is 0 Å². The van der Waals surface area contributed by atoms with Gasteiger partial charge in [-0.25, -0.2) is 4.98 Å². The molecule has 29 heavy (non-hydrogen) atoms. The third-order valence-corrected chi connectivity index (χ3v) is 5.84. The zero-order valence-corrected chi connectivity index (χ0v) is 16.3. The molecule has 0 unspecified atom stereocenters. The lowest BCUT2D eigenvalue weighted by molar-refractivity contribution is -0.141. The highest BCUT2D eigenvalue weighted by Gasteiger charge is 2.34. The van der Waals surface area contributed by atoms with Crippen LogP contribution < -0.4 is 11.1 Å². The van der Waals surface area contributed by atoms with Gasteiger partial charge in [-0.3, -0.25) is 9.59 Å². The smallest absolute Gasteiger partial charge is 0.342 e. The molecule has 2 heterocycles. The van der Waals surface area contributed by atoms with Crippen LogP contribution in [0.25, 0.3) is 0 Å². The molecular weight excluding hydrogens is 385 g/mol. The van der Waals surface area contributed by atoms with Crippen LogP contribution in [0, 0.1) is 11.8 Å². The zero-order chi connectivity index (χ0) is 21.0. The highest BCUT2D eigenvalue weighted by atomic mass is 19.4. The number of nitrogens with two attached hydrogens (primary N) is 1. The van der Waals surface area contributed by atoms with Crippen molar-refractivity contribution in [2.45, 2.75) is 57.2 Å². The van der Waals surface area contributed by atoms with Gasteiger partial charge in [-0.2, -0.15) is 13.2 Å². The van der Waals surface area contributed by atoms with Crippen molar-refractivity contribution in [3.8, 4) is 0 Å². The maximum absolute atomic E-state index is 12.7. The predicted octanol–water partition coefficient (Wildman–Crippen LogP) is 3.19. The molecule has 3 rings (SSSR count). The number of nitrogens with one attached hydrogen (secondary N) is 1. The molecule has 1 saturated carbocycles. The van der Waals surface area contributed by atoms with E-state index in [9.17, 15) is 22.8 Å². The van der Waals surface area contributed by atoms with Crippen LogP contribution in [0.1, 0.15) is 50.6 Å². The Balaban J connectivity index is 1.47. The number of nitrogens with zero attached hydrogens (tertiary/aromatic N) is 2. The van der Waals surface area contributed by atoms with Gasteiger partial charge in [0.25, 0.3) is 0 Å². The average Bonchev–Trinajstić information content (AvgIpc) is 2.68. The second-order valence-corrected chi connectivity index (χ2v) is 7.98. The van der Waals surface area contributed by atoms with Gasteiger partial charge in [0.15, 0.2) is 0 Å². The Kier molecular flexibility index (Phi) is 6.77. The number of alkyl halides is 3. The van der Waals surface area contributed by atoms with Crippen LogP contribution in [0.15, 0.2) is 18.2 Å². The molecule has 3 N–H and O–H groups in total. The molecule has 160 valence electrons. The summed E-state index contributed by atoms with van der Waals surface area (Å²) < 4.78 is 38.2. The lowest BCUT2D eigenvalue weighted by atomic mass is 9.83. The Labute approximate surface area is 168 Å². The number of hydrogen-bond donors (Lipinski definition) is 2. The fourth-order valence-electron chi connectivity index (χ4n) is 4.18. The Morgan fingerprint density at radius 2 is 1.83 bits per heavy atom. The van der Waals surface area contributed by atoms with Crippen LogP contribution in [-0.4, -0.2) is 40.8 Å². The molecule has 2 aliphatic rings. The minimum Gasteiger partial charge on any atom is -0.342 e. The first kappa shape index (κ1) is 21.5. The van der Waals surface area contributed by atoms with Gasteiger partial charge in [-0.1, -0.05) is 18.9 Å². The van der Waals surface area contributed by atoms with Crippen molar-refractivity contribution in [2.75, 3.05) is 18.4 Å². The van der Waals surface area contributed by atoms with Gasteiger partial charge < -0.3 is 16.0 Å². The normalized spacial score (nSPS) is 23.7. The molecular formula is C20H27F3N4O2. The summed E-state index contributed by atoms with van der Waals surface area (Å²) in [6.45, 7) is 1.17. The van der Waals surface area contributed by atoms with E-state index >= 15 is 0 Å². The van der Waals surface area contributed by atoms with Crippen LogP contribution in [0.2, 0.25) is 0 Å². The van der Waals surface area contributed by atoms with Gasteiger partial charge in [0, 0.05) is 25.6 Å². The van der Waals surface area contributed by atoms with Crippen molar-refractivity contribution >= 4 is 17.6 Å². The van der Waals surface area contributed by atoms with E-state index in [-0.39, 0.29) is 41.9 Å². The molecule has 1 aromatic heterocycles. The lowest BCUT2D eigenvalue weighted by Gasteiger charge is -2.37. The van der Waals surface area contributed by atoms with Crippen molar-refractivity contribution in [2.24, 2.45) is 17.6 Å². The second kappa shape index (κ2) is 9.11.